The molecule has 4 aromatic heterocycles. The Bertz CT molecular complexity index is 1200. The third-order valence-corrected chi connectivity index (χ3v) is 5.83. The summed E-state index contributed by atoms with van der Waals surface area (Å²) in [4.78, 5) is 25.2. The van der Waals surface area contributed by atoms with Gasteiger partial charge in [-0.3, -0.25) is 4.90 Å². The van der Waals surface area contributed by atoms with Gasteiger partial charge in [0.05, 0.1) is 6.20 Å². The first-order valence-corrected chi connectivity index (χ1v) is 10.8. The van der Waals surface area contributed by atoms with Crippen LogP contribution in [0, 0.1) is 5.82 Å². The summed E-state index contributed by atoms with van der Waals surface area (Å²) in [5, 5.41) is 3.88. The predicted octanol–water partition coefficient (Wildman–Crippen LogP) is 3.44. The minimum absolute atomic E-state index is 0.213. The SMILES string of the molecule is CCN1CCN(Cc2ccc(Nc3ncc(F)c(-c4c[nH]c5ncccc45)n3)nc2)CC1. The number of hydrogen-bond acceptors (Lipinski definition) is 7. The van der Waals surface area contributed by atoms with E-state index in [1.807, 2.05) is 24.4 Å². The van der Waals surface area contributed by atoms with Crippen LogP contribution in [0.1, 0.15) is 12.5 Å². The van der Waals surface area contributed by atoms with Gasteiger partial charge in [-0.15, -0.1) is 0 Å². The first-order chi connectivity index (χ1) is 15.7. The maximum absolute atomic E-state index is 14.5. The maximum atomic E-state index is 14.5. The summed E-state index contributed by atoms with van der Waals surface area (Å²) in [6, 6.07) is 7.65. The molecule has 32 heavy (non-hydrogen) atoms. The van der Waals surface area contributed by atoms with Crippen LogP contribution in [0.4, 0.5) is 16.2 Å². The number of nitrogens with zero attached hydrogens (tertiary/aromatic N) is 6. The summed E-state index contributed by atoms with van der Waals surface area (Å²) in [6.45, 7) is 8.57. The van der Waals surface area contributed by atoms with Crippen molar-refractivity contribution in [3.05, 3.63) is 60.4 Å². The van der Waals surface area contributed by atoms with Crippen LogP contribution in [0.2, 0.25) is 0 Å². The molecule has 0 unspecified atom stereocenters. The third-order valence-electron chi connectivity index (χ3n) is 5.83. The Morgan fingerprint density at radius 3 is 2.66 bits per heavy atom. The van der Waals surface area contributed by atoms with Crippen molar-refractivity contribution in [3.8, 4) is 11.3 Å². The van der Waals surface area contributed by atoms with Crippen molar-refractivity contribution in [1.82, 2.24) is 34.7 Å². The highest BCUT2D eigenvalue weighted by atomic mass is 19.1. The molecule has 5 rings (SSSR count). The van der Waals surface area contributed by atoms with E-state index >= 15 is 0 Å². The zero-order chi connectivity index (χ0) is 21.9. The van der Waals surface area contributed by atoms with Gasteiger partial charge in [0, 0.05) is 62.3 Å². The molecule has 2 N–H and O–H groups in total. The van der Waals surface area contributed by atoms with E-state index < -0.39 is 5.82 Å². The lowest BCUT2D eigenvalue weighted by molar-refractivity contribution is 0.132. The lowest BCUT2D eigenvalue weighted by atomic mass is 10.1. The number of hydrogen-bond donors (Lipinski definition) is 2. The van der Waals surface area contributed by atoms with E-state index in [-0.39, 0.29) is 11.6 Å². The molecule has 0 aromatic carbocycles. The van der Waals surface area contributed by atoms with Gasteiger partial charge in [0.1, 0.15) is 17.2 Å². The number of piperazine rings is 1. The Balaban J connectivity index is 1.29. The van der Waals surface area contributed by atoms with Crippen LogP contribution in [-0.2, 0) is 6.54 Å². The molecule has 164 valence electrons. The standard InChI is InChI=1S/C23H25FN8/c1-2-31-8-10-32(11-9-31)15-16-5-6-20(26-12-16)29-23-28-14-19(24)21(30-23)18-13-27-22-17(18)4-3-7-25-22/h3-7,12-14H,2,8-11,15H2,1H3,(H,25,27)(H,26,28,29,30). The van der Waals surface area contributed by atoms with Crippen molar-refractivity contribution in [2.75, 3.05) is 38.0 Å². The Kier molecular flexibility index (Phi) is 5.74. The molecule has 0 saturated carbocycles. The van der Waals surface area contributed by atoms with E-state index in [0.717, 1.165) is 50.2 Å². The van der Waals surface area contributed by atoms with E-state index in [1.54, 1.807) is 12.4 Å². The zero-order valence-electron chi connectivity index (χ0n) is 17.9. The van der Waals surface area contributed by atoms with Crippen molar-refractivity contribution in [3.63, 3.8) is 0 Å². The summed E-state index contributed by atoms with van der Waals surface area (Å²) < 4.78 is 14.5. The van der Waals surface area contributed by atoms with E-state index in [9.17, 15) is 4.39 Å². The van der Waals surface area contributed by atoms with Gasteiger partial charge in [-0.05, 0) is 30.3 Å². The second-order valence-corrected chi connectivity index (χ2v) is 7.88. The molecule has 0 radical (unpaired) electrons. The van der Waals surface area contributed by atoms with Crippen LogP contribution in [0.25, 0.3) is 22.3 Å². The van der Waals surface area contributed by atoms with Gasteiger partial charge in [0.15, 0.2) is 5.82 Å². The fourth-order valence-corrected chi connectivity index (χ4v) is 4.00. The largest absolute Gasteiger partial charge is 0.345 e. The van der Waals surface area contributed by atoms with Gasteiger partial charge < -0.3 is 15.2 Å². The molecular formula is C23H25FN8. The van der Waals surface area contributed by atoms with E-state index in [2.05, 4.69) is 53.0 Å². The van der Waals surface area contributed by atoms with Gasteiger partial charge in [-0.25, -0.2) is 24.3 Å². The summed E-state index contributed by atoms with van der Waals surface area (Å²) >= 11 is 0. The minimum atomic E-state index is -0.494. The molecule has 1 fully saturated rings. The molecule has 1 aliphatic rings. The van der Waals surface area contributed by atoms with Crippen molar-refractivity contribution in [2.24, 2.45) is 0 Å². The molecule has 0 spiro atoms. The summed E-state index contributed by atoms with van der Waals surface area (Å²) in [5.74, 6) is 0.407. The van der Waals surface area contributed by atoms with Crippen molar-refractivity contribution in [1.29, 1.82) is 0 Å². The molecule has 0 bridgehead atoms. The van der Waals surface area contributed by atoms with E-state index in [1.165, 1.54) is 6.20 Å². The fraction of sp³-hybridized carbons (Fsp3) is 0.304. The first kappa shape index (κ1) is 20.5. The van der Waals surface area contributed by atoms with Crippen molar-refractivity contribution in [2.45, 2.75) is 13.5 Å². The quantitative estimate of drug-likeness (QED) is 0.483. The Morgan fingerprint density at radius 2 is 1.88 bits per heavy atom. The van der Waals surface area contributed by atoms with Gasteiger partial charge in [-0.1, -0.05) is 13.0 Å². The van der Waals surface area contributed by atoms with Crippen LogP contribution in [0.3, 0.4) is 0 Å². The van der Waals surface area contributed by atoms with Crippen molar-refractivity contribution >= 4 is 22.8 Å². The van der Waals surface area contributed by atoms with E-state index in [4.69, 9.17) is 0 Å². The molecular weight excluding hydrogens is 407 g/mol. The number of aromatic amines is 1. The normalized spacial score (nSPS) is 15.3. The number of halogens is 1. The third kappa shape index (κ3) is 4.30. The fourth-order valence-electron chi connectivity index (χ4n) is 4.00. The number of pyridine rings is 2. The van der Waals surface area contributed by atoms with Crippen LogP contribution in [-0.4, -0.2) is 67.4 Å². The Hall–Kier alpha value is -3.43. The average Bonchev–Trinajstić information content (AvgIpc) is 3.26. The molecule has 5 heterocycles. The Morgan fingerprint density at radius 1 is 1.03 bits per heavy atom. The predicted molar refractivity (Wildman–Crippen MR) is 122 cm³/mol. The zero-order valence-corrected chi connectivity index (χ0v) is 17.9. The Labute approximate surface area is 185 Å². The highest BCUT2D eigenvalue weighted by Gasteiger charge is 2.16. The minimum Gasteiger partial charge on any atom is -0.345 e. The number of likely N-dealkylation sites (N-methyl/N-ethyl adjacent to an activating group) is 1. The molecule has 9 heteroatoms. The summed E-state index contributed by atoms with van der Waals surface area (Å²) in [5.41, 5.74) is 2.70. The smallest absolute Gasteiger partial charge is 0.229 e. The van der Waals surface area contributed by atoms with Gasteiger partial charge >= 0.3 is 0 Å². The molecule has 4 aromatic rings. The molecule has 1 aliphatic heterocycles. The highest BCUT2D eigenvalue weighted by Crippen LogP contribution is 2.28. The summed E-state index contributed by atoms with van der Waals surface area (Å²) in [6.07, 6.45) is 6.43. The molecule has 0 atom stereocenters. The van der Waals surface area contributed by atoms with Crippen LogP contribution < -0.4 is 5.32 Å². The molecule has 0 amide bonds. The van der Waals surface area contributed by atoms with Gasteiger partial charge in [0.25, 0.3) is 0 Å². The van der Waals surface area contributed by atoms with Crippen LogP contribution >= 0.6 is 0 Å². The summed E-state index contributed by atoms with van der Waals surface area (Å²) in [7, 11) is 0. The van der Waals surface area contributed by atoms with E-state index in [0.29, 0.717) is 17.0 Å². The topological polar surface area (TPSA) is 85.9 Å². The number of aromatic nitrogens is 5. The monoisotopic (exact) mass is 432 g/mol. The van der Waals surface area contributed by atoms with Crippen LogP contribution in [0.5, 0.6) is 0 Å². The van der Waals surface area contributed by atoms with Crippen molar-refractivity contribution < 1.29 is 4.39 Å². The lowest BCUT2D eigenvalue weighted by Gasteiger charge is -2.33. The maximum Gasteiger partial charge on any atom is 0.229 e. The molecule has 8 nitrogen and oxygen atoms in total. The van der Waals surface area contributed by atoms with Crippen LogP contribution in [0.15, 0.2) is 49.1 Å². The molecule has 0 aliphatic carbocycles. The number of anilines is 2. The van der Waals surface area contributed by atoms with Gasteiger partial charge in [-0.2, -0.15) is 0 Å². The average molecular weight is 433 g/mol. The lowest BCUT2D eigenvalue weighted by Crippen LogP contribution is -2.45. The second kappa shape index (κ2) is 8.97. The highest BCUT2D eigenvalue weighted by molar-refractivity contribution is 5.92. The number of rotatable bonds is 6. The molecule has 1 saturated heterocycles. The second-order valence-electron chi connectivity index (χ2n) is 7.88. The number of fused-ring (bicyclic) bond motifs is 1. The number of nitrogens with one attached hydrogen (secondary N) is 2. The first-order valence-electron chi connectivity index (χ1n) is 10.8. The number of H-pyrrole nitrogens is 1. The van der Waals surface area contributed by atoms with Gasteiger partial charge in [0.2, 0.25) is 5.95 Å².